The largest absolute Gasteiger partial charge is 0.508 e. The minimum atomic E-state index is -0.00194. The van der Waals surface area contributed by atoms with E-state index in [-0.39, 0.29) is 11.7 Å². The lowest BCUT2D eigenvalue weighted by Crippen LogP contribution is -2.38. The number of carbonyl (C=O) groups excluding carboxylic acids is 1. The Morgan fingerprint density at radius 2 is 1.95 bits per heavy atom. The van der Waals surface area contributed by atoms with Crippen LogP contribution >= 0.6 is 0 Å². The average Bonchev–Trinajstić information content (AvgIpc) is 2.94. The Morgan fingerprint density at radius 1 is 1.29 bits per heavy atom. The minimum Gasteiger partial charge on any atom is -0.508 e. The Kier molecular flexibility index (Phi) is 3.64. The van der Waals surface area contributed by atoms with E-state index in [1.165, 1.54) is 11.8 Å². The van der Waals surface area contributed by atoms with E-state index in [1.54, 1.807) is 19.1 Å². The van der Waals surface area contributed by atoms with Crippen LogP contribution in [0.15, 0.2) is 35.0 Å². The number of hydrogen-bond donors (Lipinski definition) is 1. The van der Waals surface area contributed by atoms with Gasteiger partial charge in [-0.05, 0) is 43.4 Å². The van der Waals surface area contributed by atoms with Crippen LogP contribution in [0.25, 0.3) is 0 Å². The summed E-state index contributed by atoms with van der Waals surface area (Å²) in [5.74, 6) is 1.30. The van der Waals surface area contributed by atoms with Gasteiger partial charge in [0.05, 0.1) is 6.20 Å². The van der Waals surface area contributed by atoms with Gasteiger partial charge in [-0.25, -0.2) is 0 Å². The topological polar surface area (TPSA) is 66.6 Å². The molecule has 3 rings (SSSR count). The zero-order valence-electron chi connectivity index (χ0n) is 12.0. The molecule has 1 N–H and O–H groups in total. The molecule has 1 aliphatic rings. The zero-order valence-corrected chi connectivity index (χ0v) is 12.0. The van der Waals surface area contributed by atoms with Crippen molar-refractivity contribution in [2.75, 3.05) is 13.1 Å². The van der Waals surface area contributed by atoms with Gasteiger partial charge in [-0.1, -0.05) is 17.3 Å². The molecule has 5 nitrogen and oxygen atoms in total. The van der Waals surface area contributed by atoms with Crippen molar-refractivity contribution in [3.05, 3.63) is 47.3 Å². The third-order valence-electron chi connectivity index (χ3n) is 4.13. The molecule has 1 fully saturated rings. The van der Waals surface area contributed by atoms with Gasteiger partial charge in [0.25, 0.3) is 5.91 Å². The maximum Gasteiger partial charge on any atom is 0.259 e. The monoisotopic (exact) mass is 286 g/mol. The Morgan fingerprint density at radius 3 is 2.52 bits per heavy atom. The van der Waals surface area contributed by atoms with Crippen molar-refractivity contribution in [1.82, 2.24) is 10.1 Å². The van der Waals surface area contributed by atoms with E-state index in [4.69, 9.17) is 4.52 Å². The van der Waals surface area contributed by atoms with Crippen molar-refractivity contribution in [3.8, 4) is 5.75 Å². The standard InChI is InChI=1S/C16H18N2O3/c1-11-15(10-17-21-11)16(20)18-8-6-13(7-9-18)12-2-4-14(19)5-3-12/h2-5,10,13,19H,6-9H2,1H3. The molecule has 0 atom stereocenters. The molecular weight excluding hydrogens is 268 g/mol. The van der Waals surface area contributed by atoms with Crippen molar-refractivity contribution in [3.63, 3.8) is 0 Å². The molecule has 1 aromatic heterocycles. The summed E-state index contributed by atoms with van der Waals surface area (Å²) < 4.78 is 4.96. The summed E-state index contributed by atoms with van der Waals surface area (Å²) in [7, 11) is 0. The lowest BCUT2D eigenvalue weighted by molar-refractivity contribution is 0.0711. The van der Waals surface area contributed by atoms with Crippen molar-refractivity contribution < 1.29 is 14.4 Å². The third kappa shape index (κ3) is 2.77. The average molecular weight is 286 g/mol. The number of likely N-dealkylation sites (tertiary alicyclic amines) is 1. The van der Waals surface area contributed by atoms with Gasteiger partial charge in [-0.2, -0.15) is 0 Å². The van der Waals surface area contributed by atoms with Crippen molar-refractivity contribution >= 4 is 5.91 Å². The predicted molar refractivity (Wildman–Crippen MR) is 77.2 cm³/mol. The van der Waals surface area contributed by atoms with Gasteiger partial charge in [0.1, 0.15) is 17.1 Å². The van der Waals surface area contributed by atoms with Crippen LogP contribution in [0.4, 0.5) is 0 Å². The van der Waals surface area contributed by atoms with Crippen molar-refractivity contribution in [2.45, 2.75) is 25.7 Å². The van der Waals surface area contributed by atoms with Crippen LogP contribution < -0.4 is 0 Å². The molecule has 1 saturated heterocycles. The summed E-state index contributed by atoms with van der Waals surface area (Å²) in [6.45, 7) is 3.22. The Hall–Kier alpha value is -2.30. The summed E-state index contributed by atoms with van der Waals surface area (Å²) in [4.78, 5) is 14.2. The Bertz CT molecular complexity index is 625. The highest BCUT2D eigenvalue weighted by atomic mass is 16.5. The maximum atomic E-state index is 12.4. The molecule has 21 heavy (non-hydrogen) atoms. The van der Waals surface area contributed by atoms with Gasteiger partial charge >= 0.3 is 0 Å². The normalized spacial score (nSPS) is 16.1. The first-order valence-electron chi connectivity index (χ1n) is 7.14. The lowest BCUT2D eigenvalue weighted by Gasteiger charge is -2.32. The number of hydrogen-bond acceptors (Lipinski definition) is 4. The molecule has 0 radical (unpaired) electrons. The summed E-state index contributed by atoms with van der Waals surface area (Å²) in [6.07, 6.45) is 3.35. The van der Waals surface area contributed by atoms with Crippen LogP contribution in [0, 0.1) is 6.92 Å². The first-order valence-corrected chi connectivity index (χ1v) is 7.14. The van der Waals surface area contributed by atoms with Crippen LogP contribution in [-0.4, -0.2) is 34.2 Å². The Labute approximate surface area is 123 Å². The maximum absolute atomic E-state index is 12.4. The van der Waals surface area contributed by atoms with Gasteiger partial charge in [0, 0.05) is 13.1 Å². The van der Waals surface area contributed by atoms with Crippen molar-refractivity contribution in [2.24, 2.45) is 0 Å². The number of aromatic hydroxyl groups is 1. The van der Waals surface area contributed by atoms with Crippen LogP contribution in [0.5, 0.6) is 5.75 Å². The molecule has 110 valence electrons. The molecule has 1 aliphatic heterocycles. The van der Waals surface area contributed by atoms with Crippen LogP contribution in [-0.2, 0) is 0 Å². The first kappa shape index (κ1) is 13.7. The van der Waals surface area contributed by atoms with E-state index in [2.05, 4.69) is 5.16 Å². The number of phenols is 1. The summed E-state index contributed by atoms with van der Waals surface area (Å²) in [5.41, 5.74) is 1.78. The smallest absolute Gasteiger partial charge is 0.259 e. The predicted octanol–water partition coefficient (Wildman–Crippen LogP) is 2.71. The van der Waals surface area contributed by atoms with E-state index < -0.39 is 0 Å². The molecule has 0 unspecified atom stereocenters. The number of benzene rings is 1. The molecule has 2 aromatic rings. The summed E-state index contributed by atoms with van der Waals surface area (Å²) >= 11 is 0. The molecular formula is C16H18N2O3. The second kappa shape index (κ2) is 5.60. The number of rotatable bonds is 2. The van der Waals surface area contributed by atoms with E-state index in [0.29, 0.717) is 17.2 Å². The highest BCUT2D eigenvalue weighted by molar-refractivity contribution is 5.94. The highest BCUT2D eigenvalue weighted by Gasteiger charge is 2.26. The molecule has 1 amide bonds. The highest BCUT2D eigenvalue weighted by Crippen LogP contribution is 2.29. The molecule has 0 bridgehead atoms. The fourth-order valence-corrected chi connectivity index (χ4v) is 2.84. The minimum absolute atomic E-state index is 0.00194. The number of amides is 1. The molecule has 0 spiro atoms. The molecule has 1 aromatic carbocycles. The van der Waals surface area contributed by atoms with E-state index in [0.717, 1.165) is 25.9 Å². The van der Waals surface area contributed by atoms with Crippen molar-refractivity contribution in [1.29, 1.82) is 0 Å². The lowest BCUT2D eigenvalue weighted by atomic mass is 9.89. The van der Waals surface area contributed by atoms with Gasteiger partial charge in [0.2, 0.25) is 0 Å². The van der Waals surface area contributed by atoms with Crippen LogP contribution in [0.3, 0.4) is 0 Å². The number of carbonyl (C=O) groups is 1. The summed E-state index contributed by atoms with van der Waals surface area (Å²) in [5, 5.41) is 13.0. The number of nitrogens with zero attached hydrogens (tertiary/aromatic N) is 2. The molecule has 2 heterocycles. The van der Waals surface area contributed by atoms with Crippen LogP contribution in [0.2, 0.25) is 0 Å². The third-order valence-corrected chi connectivity index (χ3v) is 4.13. The number of phenolic OH excluding ortho intramolecular Hbond substituents is 1. The van der Waals surface area contributed by atoms with Gasteiger partial charge in [-0.3, -0.25) is 4.79 Å². The summed E-state index contributed by atoms with van der Waals surface area (Å²) in [6, 6.07) is 7.35. The van der Waals surface area contributed by atoms with E-state index in [1.807, 2.05) is 17.0 Å². The second-order valence-electron chi connectivity index (χ2n) is 5.45. The number of aromatic nitrogens is 1. The fourth-order valence-electron chi connectivity index (χ4n) is 2.84. The van der Waals surface area contributed by atoms with Gasteiger partial charge in [-0.15, -0.1) is 0 Å². The van der Waals surface area contributed by atoms with Crippen LogP contribution in [0.1, 0.15) is 40.4 Å². The second-order valence-corrected chi connectivity index (χ2v) is 5.45. The quantitative estimate of drug-likeness (QED) is 0.921. The molecule has 0 saturated carbocycles. The number of piperidine rings is 1. The molecule has 0 aliphatic carbocycles. The molecule has 5 heteroatoms. The first-order chi connectivity index (χ1) is 10.1. The SMILES string of the molecule is Cc1oncc1C(=O)N1CCC(c2ccc(O)cc2)CC1. The van der Waals surface area contributed by atoms with Gasteiger partial charge in [0.15, 0.2) is 0 Å². The number of aryl methyl sites for hydroxylation is 1. The van der Waals surface area contributed by atoms with Gasteiger partial charge < -0.3 is 14.5 Å². The van der Waals surface area contributed by atoms with E-state index >= 15 is 0 Å². The fraction of sp³-hybridized carbons (Fsp3) is 0.375. The zero-order chi connectivity index (χ0) is 14.8. The van der Waals surface area contributed by atoms with E-state index in [9.17, 15) is 9.90 Å². The Balaban J connectivity index is 1.64.